The van der Waals surface area contributed by atoms with Gasteiger partial charge in [0, 0.05) is 10.6 Å². The molecular weight excluding hydrogens is 254 g/mol. The fraction of sp³-hybridized carbons (Fsp3) is 0.462. The summed E-state index contributed by atoms with van der Waals surface area (Å²) in [6, 6.07) is 6.95. The lowest BCUT2D eigenvalue weighted by atomic mass is 10.1. The fourth-order valence-corrected chi connectivity index (χ4v) is 1.61. The predicted octanol–water partition coefficient (Wildman–Crippen LogP) is 2.90. The molecule has 0 bridgehead atoms. The van der Waals surface area contributed by atoms with Crippen LogP contribution in [0.25, 0.3) is 0 Å². The summed E-state index contributed by atoms with van der Waals surface area (Å²) in [7, 11) is 0. The quantitative estimate of drug-likeness (QED) is 0.889. The number of nitrogens with one attached hydrogen (secondary N) is 1. The largest absolute Gasteiger partial charge is 0.444 e. The van der Waals surface area contributed by atoms with Crippen LogP contribution in [0.3, 0.4) is 0 Å². The summed E-state index contributed by atoms with van der Waals surface area (Å²) >= 11 is 5.94. The number of carbonyl (C=O) groups is 1. The Morgan fingerprint density at radius 1 is 1.44 bits per heavy atom. The van der Waals surface area contributed by atoms with E-state index in [1.165, 1.54) is 0 Å². The van der Waals surface area contributed by atoms with Crippen LogP contribution in [-0.4, -0.2) is 23.3 Å². The first-order valence-electron chi connectivity index (χ1n) is 5.69. The molecule has 0 fully saturated rings. The van der Waals surface area contributed by atoms with Gasteiger partial charge in [0.1, 0.15) is 5.60 Å². The molecule has 5 heteroatoms. The smallest absolute Gasteiger partial charge is 0.407 e. The Morgan fingerprint density at radius 3 is 2.61 bits per heavy atom. The van der Waals surface area contributed by atoms with Gasteiger partial charge in [-0.25, -0.2) is 4.79 Å². The molecule has 0 spiro atoms. The molecule has 1 aromatic rings. The van der Waals surface area contributed by atoms with E-state index in [0.29, 0.717) is 10.6 Å². The van der Waals surface area contributed by atoms with Crippen molar-refractivity contribution in [2.45, 2.75) is 32.5 Å². The van der Waals surface area contributed by atoms with Crippen LogP contribution in [-0.2, 0) is 4.74 Å². The van der Waals surface area contributed by atoms with Crippen molar-refractivity contribution in [2.75, 3.05) is 6.54 Å². The summed E-state index contributed by atoms with van der Waals surface area (Å²) in [5, 5.41) is 12.9. The predicted molar refractivity (Wildman–Crippen MR) is 70.6 cm³/mol. The highest BCUT2D eigenvalue weighted by Crippen LogP contribution is 2.21. The van der Waals surface area contributed by atoms with Gasteiger partial charge in [0.2, 0.25) is 0 Å². The molecule has 1 rings (SSSR count). The molecule has 0 aromatic heterocycles. The van der Waals surface area contributed by atoms with Crippen LogP contribution in [0.5, 0.6) is 0 Å². The van der Waals surface area contributed by atoms with Gasteiger partial charge in [-0.2, -0.15) is 0 Å². The van der Waals surface area contributed by atoms with E-state index >= 15 is 0 Å². The number of aliphatic hydroxyl groups is 1. The van der Waals surface area contributed by atoms with E-state index in [4.69, 9.17) is 16.3 Å². The van der Waals surface area contributed by atoms with Gasteiger partial charge >= 0.3 is 6.09 Å². The molecule has 18 heavy (non-hydrogen) atoms. The zero-order valence-electron chi connectivity index (χ0n) is 10.7. The number of carbonyl (C=O) groups excluding carboxylic acids is 1. The summed E-state index contributed by atoms with van der Waals surface area (Å²) in [4.78, 5) is 11.4. The first kappa shape index (κ1) is 14.8. The molecule has 0 aliphatic heterocycles. The van der Waals surface area contributed by atoms with Gasteiger partial charge in [-0.15, -0.1) is 0 Å². The molecule has 0 aliphatic carbocycles. The molecule has 0 saturated heterocycles. The van der Waals surface area contributed by atoms with Crippen LogP contribution in [0, 0.1) is 0 Å². The van der Waals surface area contributed by atoms with Gasteiger partial charge in [-0.05, 0) is 26.8 Å². The number of hydrogen-bond acceptors (Lipinski definition) is 3. The van der Waals surface area contributed by atoms with E-state index < -0.39 is 17.8 Å². The maximum Gasteiger partial charge on any atom is 0.407 e. The molecule has 2 N–H and O–H groups in total. The van der Waals surface area contributed by atoms with Crippen molar-refractivity contribution >= 4 is 17.7 Å². The van der Waals surface area contributed by atoms with E-state index in [1.54, 1.807) is 45.0 Å². The Kier molecular flexibility index (Phi) is 4.99. The minimum atomic E-state index is -0.855. The fourth-order valence-electron chi connectivity index (χ4n) is 1.35. The van der Waals surface area contributed by atoms with Gasteiger partial charge in [-0.1, -0.05) is 29.8 Å². The molecule has 0 aliphatic rings. The lowest BCUT2D eigenvalue weighted by molar-refractivity contribution is 0.0492. The highest BCUT2D eigenvalue weighted by molar-refractivity contribution is 6.31. The van der Waals surface area contributed by atoms with Crippen molar-refractivity contribution in [1.82, 2.24) is 5.32 Å². The van der Waals surface area contributed by atoms with Crippen LogP contribution in [0.1, 0.15) is 32.4 Å². The number of halogens is 1. The molecule has 0 unspecified atom stereocenters. The number of alkyl carbamates (subject to hydrolysis) is 1. The van der Waals surface area contributed by atoms with Crippen molar-refractivity contribution in [3.63, 3.8) is 0 Å². The van der Waals surface area contributed by atoms with Crippen molar-refractivity contribution < 1.29 is 14.6 Å². The topological polar surface area (TPSA) is 58.6 Å². The second-order valence-electron chi connectivity index (χ2n) is 4.92. The van der Waals surface area contributed by atoms with Crippen molar-refractivity contribution in [2.24, 2.45) is 0 Å². The molecule has 0 heterocycles. The molecule has 1 atom stereocenters. The average Bonchev–Trinajstić information content (AvgIpc) is 2.24. The Morgan fingerprint density at radius 2 is 2.06 bits per heavy atom. The maximum atomic E-state index is 11.4. The Labute approximate surface area is 112 Å². The molecule has 100 valence electrons. The summed E-state index contributed by atoms with van der Waals surface area (Å²) in [6.07, 6.45) is -1.42. The van der Waals surface area contributed by atoms with E-state index in [1.807, 2.05) is 0 Å². The SMILES string of the molecule is CC(C)(C)OC(=O)NC[C@H](O)c1ccccc1Cl. The van der Waals surface area contributed by atoms with Crippen LogP contribution in [0.2, 0.25) is 5.02 Å². The summed E-state index contributed by atoms with van der Waals surface area (Å²) in [5.41, 5.74) is 0.0228. The minimum absolute atomic E-state index is 0.0542. The molecule has 0 radical (unpaired) electrons. The normalized spacial score (nSPS) is 12.9. The van der Waals surface area contributed by atoms with Crippen LogP contribution < -0.4 is 5.32 Å². The second-order valence-corrected chi connectivity index (χ2v) is 5.33. The summed E-state index contributed by atoms with van der Waals surface area (Å²) in [6.45, 7) is 5.38. The highest BCUT2D eigenvalue weighted by Gasteiger charge is 2.17. The third-order valence-corrected chi connectivity index (χ3v) is 2.45. The molecule has 0 saturated carbocycles. The maximum absolute atomic E-state index is 11.4. The number of amides is 1. The Balaban J connectivity index is 2.49. The van der Waals surface area contributed by atoms with Gasteiger partial charge in [0.15, 0.2) is 0 Å². The van der Waals surface area contributed by atoms with Crippen LogP contribution in [0.4, 0.5) is 4.79 Å². The number of aliphatic hydroxyl groups excluding tert-OH is 1. The number of rotatable bonds is 3. The van der Waals surface area contributed by atoms with Gasteiger partial charge < -0.3 is 15.2 Å². The van der Waals surface area contributed by atoms with Gasteiger partial charge in [0.05, 0.1) is 12.6 Å². The highest BCUT2D eigenvalue weighted by atomic mass is 35.5. The first-order chi connectivity index (χ1) is 8.29. The van der Waals surface area contributed by atoms with Gasteiger partial charge in [0.25, 0.3) is 0 Å². The van der Waals surface area contributed by atoms with Crippen LogP contribution >= 0.6 is 11.6 Å². The molecular formula is C13H18ClNO3. The Hall–Kier alpha value is -1.26. The Bertz CT molecular complexity index is 415. The van der Waals surface area contributed by atoms with Crippen molar-refractivity contribution in [3.05, 3.63) is 34.9 Å². The van der Waals surface area contributed by atoms with E-state index in [-0.39, 0.29) is 6.54 Å². The zero-order valence-corrected chi connectivity index (χ0v) is 11.5. The standard InChI is InChI=1S/C13H18ClNO3/c1-13(2,3)18-12(17)15-8-11(16)9-6-4-5-7-10(9)14/h4-7,11,16H,8H2,1-3H3,(H,15,17)/t11-/m0/s1. The van der Waals surface area contributed by atoms with Gasteiger partial charge in [-0.3, -0.25) is 0 Å². The first-order valence-corrected chi connectivity index (χ1v) is 6.07. The van der Waals surface area contributed by atoms with Crippen LogP contribution in [0.15, 0.2) is 24.3 Å². The molecule has 4 nitrogen and oxygen atoms in total. The number of benzene rings is 1. The summed E-state index contributed by atoms with van der Waals surface area (Å²) < 4.78 is 5.06. The lowest BCUT2D eigenvalue weighted by Gasteiger charge is -2.20. The van der Waals surface area contributed by atoms with E-state index in [9.17, 15) is 9.90 Å². The minimum Gasteiger partial charge on any atom is -0.444 e. The summed E-state index contributed by atoms with van der Waals surface area (Å²) in [5.74, 6) is 0. The third kappa shape index (κ3) is 4.94. The second kappa shape index (κ2) is 6.07. The van der Waals surface area contributed by atoms with Crippen molar-refractivity contribution in [1.29, 1.82) is 0 Å². The monoisotopic (exact) mass is 271 g/mol. The third-order valence-electron chi connectivity index (χ3n) is 2.10. The molecule has 1 amide bonds. The zero-order chi connectivity index (χ0) is 13.8. The number of ether oxygens (including phenoxy) is 1. The lowest BCUT2D eigenvalue weighted by Crippen LogP contribution is -2.34. The molecule has 1 aromatic carbocycles. The van der Waals surface area contributed by atoms with E-state index in [0.717, 1.165) is 0 Å². The van der Waals surface area contributed by atoms with E-state index in [2.05, 4.69) is 5.32 Å². The van der Waals surface area contributed by atoms with Crippen molar-refractivity contribution in [3.8, 4) is 0 Å². The average molecular weight is 272 g/mol. The number of hydrogen-bond donors (Lipinski definition) is 2.